The standard InChI is InChI=1S/C14H21ClN4O2/c1-18-7-10(15)12(17-18)13(21)19-6-2-4-14(9-19)8-16-5-3-11(14)20/h7,11,16,20H,2-6,8-9H2,1H3/t11-,14-/m0/s1. The molecule has 7 heteroatoms. The van der Waals surface area contributed by atoms with Crippen LogP contribution in [0.25, 0.3) is 0 Å². The number of nitrogens with zero attached hydrogens (tertiary/aromatic N) is 3. The number of halogens is 1. The summed E-state index contributed by atoms with van der Waals surface area (Å²) in [4.78, 5) is 14.4. The fourth-order valence-corrected chi connectivity index (χ4v) is 3.76. The Labute approximate surface area is 129 Å². The highest BCUT2D eigenvalue weighted by atomic mass is 35.5. The molecule has 0 aromatic carbocycles. The first kappa shape index (κ1) is 14.8. The van der Waals surface area contributed by atoms with Crippen LogP contribution in [0, 0.1) is 5.41 Å². The summed E-state index contributed by atoms with van der Waals surface area (Å²) >= 11 is 6.07. The molecule has 116 valence electrons. The maximum Gasteiger partial charge on any atom is 0.275 e. The van der Waals surface area contributed by atoms with E-state index in [1.54, 1.807) is 22.8 Å². The fourth-order valence-electron chi connectivity index (χ4n) is 3.50. The first-order valence-corrected chi connectivity index (χ1v) is 7.77. The highest BCUT2D eigenvalue weighted by Crippen LogP contribution is 2.36. The number of aryl methyl sites for hydroxylation is 1. The lowest BCUT2D eigenvalue weighted by atomic mass is 9.72. The summed E-state index contributed by atoms with van der Waals surface area (Å²) in [6.07, 6.45) is 3.86. The van der Waals surface area contributed by atoms with Crippen LogP contribution >= 0.6 is 11.6 Å². The van der Waals surface area contributed by atoms with Crippen LogP contribution in [0.2, 0.25) is 5.02 Å². The van der Waals surface area contributed by atoms with E-state index in [-0.39, 0.29) is 17.4 Å². The molecule has 2 atom stereocenters. The molecule has 1 aromatic heterocycles. The molecule has 0 unspecified atom stereocenters. The highest BCUT2D eigenvalue weighted by Gasteiger charge is 2.44. The van der Waals surface area contributed by atoms with E-state index in [0.717, 1.165) is 32.4 Å². The third-order valence-corrected chi connectivity index (χ3v) is 4.94. The van der Waals surface area contributed by atoms with Gasteiger partial charge in [0, 0.05) is 38.3 Å². The first-order chi connectivity index (χ1) is 10.0. The maximum absolute atomic E-state index is 12.6. The van der Waals surface area contributed by atoms with Gasteiger partial charge in [-0.2, -0.15) is 5.10 Å². The molecule has 0 bridgehead atoms. The Hall–Kier alpha value is -1.11. The average Bonchev–Trinajstić information content (AvgIpc) is 2.81. The monoisotopic (exact) mass is 312 g/mol. The first-order valence-electron chi connectivity index (χ1n) is 7.39. The Balaban J connectivity index is 1.79. The quantitative estimate of drug-likeness (QED) is 0.799. The molecule has 3 heterocycles. The molecule has 2 aliphatic rings. The van der Waals surface area contributed by atoms with Gasteiger partial charge in [-0.1, -0.05) is 11.6 Å². The number of rotatable bonds is 1. The molecule has 1 spiro atoms. The number of aromatic nitrogens is 2. The van der Waals surface area contributed by atoms with Crippen LogP contribution in [0.4, 0.5) is 0 Å². The summed E-state index contributed by atoms with van der Waals surface area (Å²) in [6.45, 7) is 2.85. The van der Waals surface area contributed by atoms with E-state index in [0.29, 0.717) is 23.8 Å². The van der Waals surface area contributed by atoms with Crippen molar-refractivity contribution in [2.45, 2.75) is 25.4 Å². The minimum atomic E-state index is -0.353. The van der Waals surface area contributed by atoms with Crippen molar-refractivity contribution in [3.63, 3.8) is 0 Å². The number of aliphatic hydroxyl groups excluding tert-OH is 1. The molecule has 6 nitrogen and oxygen atoms in total. The van der Waals surface area contributed by atoms with Gasteiger partial charge in [-0.25, -0.2) is 0 Å². The molecule has 1 aromatic rings. The third-order valence-electron chi connectivity index (χ3n) is 4.66. The van der Waals surface area contributed by atoms with Gasteiger partial charge >= 0.3 is 0 Å². The summed E-state index contributed by atoms with van der Waals surface area (Å²) in [5.41, 5.74) is 0.0717. The number of likely N-dealkylation sites (tertiary alicyclic amines) is 1. The van der Waals surface area contributed by atoms with Gasteiger partial charge in [0.1, 0.15) is 0 Å². The summed E-state index contributed by atoms with van der Waals surface area (Å²) in [7, 11) is 1.75. The molecule has 2 aliphatic heterocycles. The average molecular weight is 313 g/mol. The van der Waals surface area contributed by atoms with Gasteiger partial charge in [0.15, 0.2) is 5.69 Å². The van der Waals surface area contributed by atoms with E-state index in [4.69, 9.17) is 11.6 Å². The Morgan fingerprint density at radius 1 is 1.62 bits per heavy atom. The molecular formula is C14H21ClN4O2. The third kappa shape index (κ3) is 2.67. The van der Waals surface area contributed by atoms with Gasteiger partial charge < -0.3 is 15.3 Å². The van der Waals surface area contributed by atoms with Crippen molar-refractivity contribution < 1.29 is 9.90 Å². The minimum absolute atomic E-state index is 0.141. The second-order valence-corrected chi connectivity index (χ2v) is 6.58. The topological polar surface area (TPSA) is 70.4 Å². The predicted molar refractivity (Wildman–Crippen MR) is 79.3 cm³/mol. The van der Waals surface area contributed by atoms with E-state index in [1.165, 1.54) is 0 Å². The normalized spacial score (nSPS) is 29.9. The van der Waals surface area contributed by atoms with Crippen molar-refractivity contribution in [1.29, 1.82) is 0 Å². The Bertz CT molecular complexity index is 543. The lowest BCUT2D eigenvalue weighted by Crippen LogP contribution is -2.58. The summed E-state index contributed by atoms with van der Waals surface area (Å²) < 4.78 is 1.55. The molecule has 2 N–H and O–H groups in total. The van der Waals surface area contributed by atoms with Crippen molar-refractivity contribution in [2.24, 2.45) is 12.5 Å². The van der Waals surface area contributed by atoms with Crippen molar-refractivity contribution in [1.82, 2.24) is 20.0 Å². The molecule has 0 aliphatic carbocycles. The zero-order valence-electron chi connectivity index (χ0n) is 12.2. The zero-order chi connectivity index (χ0) is 15.0. The van der Waals surface area contributed by atoms with Crippen LogP contribution in [-0.4, -0.2) is 58.0 Å². The summed E-state index contributed by atoms with van der Waals surface area (Å²) in [6, 6.07) is 0. The highest BCUT2D eigenvalue weighted by molar-refractivity contribution is 6.33. The van der Waals surface area contributed by atoms with E-state index >= 15 is 0 Å². The van der Waals surface area contributed by atoms with E-state index in [2.05, 4.69) is 10.4 Å². The molecule has 0 radical (unpaired) electrons. The van der Waals surface area contributed by atoms with Gasteiger partial charge in [0.2, 0.25) is 0 Å². The van der Waals surface area contributed by atoms with Gasteiger partial charge in [0.05, 0.1) is 11.1 Å². The molecule has 1 amide bonds. The van der Waals surface area contributed by atoms with Crippen molar-refractivity contribution in [3.05, 3.63) is 16.9 Å². The number of nitrogens with one attached hydrogen (secondary N) is 1. The second-order valence-electron chi connectivity index (χ2n) is 6.17. The lowest BCUT2D eigenvalue weighted by Gasteiger charge is -2.48. The molecule has 2 fully saturated rings. The molecule has 21 heavy (non-hydrogen) atoms. The van der Waals surface area contributed by atoms with Gasteiger partial charge in [-0.05, 0) is 25.8 Å². The lowest BCUT2D eigenvalue weighted by molar-refractivity contribution is -0.0434. The van der Waals surface area contributed by atoms with Gasteiger partial charge in [-0.15, -0.1) is 0 Å². The van der Waals surface area contributed by atoms with Gasteiger partial charge in [-0.3, -0.25) is 9.48 Å². The molecule has 0 saturated carbocycles. The predicted octanol–water partition coefficient (Wildman–Crippen LogP) is 0.650. The number of hydrogen-bond donors (Lipinski definition) is 2. The van der Waals surface area contributed by atoms with Crippen LogP contribution in [0.3, 0.4) is 0 Å². The number of hydrogen-bond acceptors (Lipinski definition) is 4. The van der Waals surface area contributed by atoms with E-state index in [1.807, 2.05) is 0 Å². The Morgan fingerprint density at radius 2 is 2.43 bits per heavy atom. The smallest absolute Gasteiger partial charge is 0.275 e. The van der Waals surface area contributed by atoms with Gasteiger partial charge in [0.25, 0.3) is 5.91 Å². The maximum atomic E-state index is 12.6. The number of aliphatic hydroxyl groups is 1. The van der Waals surface area contributed by atoms with Crippen LogP contribution in [-0.2, 0) is 7.05 Å². The van der Waals surface area contributed by atoms with Crippen LogP contribution in [0.15, 0.2) is 6.20 Å². The minimum Gasteiger partial charge on any atom is -0.392 e. The number of piperidine rings is 2. The zero-order valence-corrected chi connectivity index (χ0v) is 12.9. The van der Waals surface area contributed by atoms with Crippen molar-refractivity contribution >= 4 is 17.5 Å². The van der Waals surface area contributed by atoms with Crippen molar-refractivity contribution in [3.8, 4) is 0 Å². The number of amides is 1. The van der Waals surface area contributed by atoms with Crippen molar-refractivity contribution in [2.75, 3.05) is 26.2 Å². The van der Waals surface area contributed by atoms with Crippen LogP contribution in [0.1, 0.15) is 29.8 Å². The second kappa shape index (κ2) is 5.59. The Kier molecular flexibility index (Phi) is 3.94. The van der Waals surface area contributed by atoms with Crippen LogP contribution in [0.5, 0.6) is 0 Å². The van der Waals surface area contributed by atoms with E-state index in [9.17, 15) is 9.90 Å². The summed E-state index contributed by atoms with van der Waals surface area (Å²) in [5, 5.41) is 18.3. The SMILES string of the molecule is Cn1cc(Cl)c(C(=O)N2CCC[C@]3(CNCC[C@@H]3O)C2)n1. The van der Waals surface area contributed by atoms with E-state index < -0.39 is 0 Å². The molecular weight excluding hydrogens is 292 g/mol. The fraction of sp³-hybridized carbons (Fsp3) is 0.714. The summed E-state index contributed by atoms with van der Waals surface area (Å²) in [5.74, 6) is -0.141. The largest absolute Gasteiger partial charge is 0.392 e. The number of carbonyl (C=O) groups excluding carboxylic acids is 1. The molecule has 3 rings (SSSR count). The van der Waals surface area contributed by atoms with Crippen LogP contribution < -0.4 is 5.32 Å². The number of carbonyl (C=O) groups is 1. The molecule has 2 saturated heterocycles. The Morgan fingerprint density at radius 3 is 3.10 bits per heavy atom.